The minimum atomic E-state index is -0.952. The summed E-state index contributed by atoms with van der Waals surface area (Å²) in [6, 6.07) is 7.46. The minimum absolute atomic E-state index is 0.239. The van der Waals surface area contributed by atoms with Gasteiger partial charge in [0.15, 0.2) is 0 Å². The molecule has 0 saturated carbocycles. The van der Waals surface area contributed by atoms with Crippen LogP contribution in [0, 0.1) is 0 Å². The van der Waals surface area contributed by atoms with Gasteiger partial charge in [0.25, 0.3) is 0 Å². The van der Waals surface area contributed by atoms with Gasteiger partial charge in [0.05, 0.1) is 5.56 Å². The highest BCUT2D eigenvalue weighted by Gasteiger charge is 2.20. The number of nitrogen functional groups attached to an aromatic ring is 1. The van der Waals surface area contributed by atoms with Gasteiger partial charge in [0.2, 0.25) is 0 Å². The summed E-state index contributed by atoms with van der Waals surface area (Å²) in [6.45, 7) is 2.47. The van der Waals surface area contributed by atoms with Gasteiger partial charge in [-0.05, 0) is 35.1 Å². The Morgan fingerprint density at radius 1 is 1.40 bits per heavy atom. The van der Waals surface area contributed by atoms with Crippen LogP contribution in [0.4, 0.5) is 5.69 Å². The lowest BCUT2D eigenvalue weighted by molar-refractivity contribution is 0.0695. The minimum Gasteiger partial charge on any atom is -0.478 e. The third-order valence-electron chi connectivity index (χ3n) is 3.68. The van der Waals surface area contributed by atoms with E-state index in [2.05, 4.69) is 16.3 Å². The fourth-order valence-electron chi connectivity index (χ4n) is 2.70. The molecule has 0 unspecified atom stereocenters. The van der Waals surface area contributed by atoms with Crippen LogP contribution in [-0.4, -0.2) is 22.5 Å². The van der Waals surface area contributed by atoms with Gasteiger partial charge in [-0.15, -0.1) is 11.3 Å². The number of carboxylic acids is 1. The van der Waals surface area contributed by atoms with Crippen molar-refractivity contribution in [1.82, 2.24) is 4.90 Å². The first-order valence-electron chi connectivity index (χ1n) is 6.53. The molecule has 0 saturated heterocycles. The molecule has 0 aliphatic carbocycles. The summed E-state index contributed by atoms with van der Waals surface area (Å²) >= 11 is 1.80. The number of rotatable bonds is 3. The Kier molecular flexibility index (Phi) is 3.46. The summed E-state index contributed by atoms with van der Waals surface area (Å²) in [7, 11) is 0. The molecule has 5 heteroatoms. The van der Waals surface area contributed by atoms with Crippen molar-refractivity contribution in [3.05, 3.63) is 51.2 Å². The van der Waals surface area contributed by atoms with Crippen LogP contribution in [0.2, 0.25) is 0 Å². The van der Waals surface area contributed by atoms with E-state index in [1.165, 1.54) is 10.4 Å². The molecule has 0 fully saturated rings. The van der Waals surface area contributed by atoms with Crippen molar-refractivity contribution in [3.8, 4) is 0 Å². The SMILES string of the molecule is Nc1cccc(CN2CCc3sccc3C2)c1C(=O)O. The molecule has 1 aromatic carbocycles. The van der Waals surface area contributed by atoms with Gasteiger partial charge < -0.3 is 10.8 Å². The molecule has 0 bridgehead atoms. The molecule has 104 valence electrons. The monoisotopic (exact) mass is 288 g/mol. The number of anilines is 1. The third-order valence-corrected chi connectivity index (χ3v) is 4.70. The lowest BCUT2D eigenvalue weighted by Gasteiger charge is -2.27. The maximum atomic E-state index is 11.3. The first kappa shape index (κ1) is 13.1. The summed E-state index contributed by atoms with van der Waals surface area (Å²) in [5.41, 5.74) is 8.52. The van der Waals surface area contributed by atoms with E-state index in [1.54, 1.807) is 17.4 Å². The van der Waals surface area contributed by atoms with Gasteiger partial charge in [-0.3, -0.25) is 4.90 Å². The van der Waals surface area contributed by atoms with Crippen molar-refractivity contribution in [2.24, 2.45) is 0 Å². The zero-order valence-electron chi connectivity index (χ0n) is 11.0. The number of carbonyl (C=O) groups is 1. The number of nitrogens with two attached hydrogens (primary N) is 1. The van der Waals surface area contributed by atoms with Crippen LogP contribution < -0.4 is 5.73 Å². The van der Waals surface area contributed by atoms with E-state index in [0.717, 1.165) is 25.1 Å². The van der Waals surface area contributed by atoms with Crippen LogP contribution in [0.3, 0.4) is 0 Å². The number of carboxylic acid groups (broad SMARTS) is 1. The van der Waals surface area contributed by atoms with E-state index < -0.39 is 5.97 Å². The number of benzene rings is 1. The van der Waals surface area contributed by atoms with E-state index in [4.69, 9.17) is 5.73 Å². The predicted molar refractivity (Wildman–Crippen MR) is 80.0 cm³/mol. The molecule has 20 heavy (non-hydrogen) atoms. The second kappa shape index (κ2) is 5.26. The molecule has 1 aliphatic rings. The molecule has 0 atom stereocenters. The first-order valence-corrected chi connectivity index (χ1v) is 7.41. The molecule has 4 nitrogen and oxygen atoms in total. The maximum absolute atomic E-state index is 11.3. The Balaban J connectivity index is 1.83. The molecular weight excluding hydrogens is 272 g/mol. The Morgan fingerprint density at radius 3 is 3.05 bits per heavy atom. The van der Waals surface area contributed by atoms with E-state index >= 15 is 0 Å². The first-order chi connectivity index (χ1) is 9.65. The molecule has 1 aliphatic heterocycles. The lowest BCUT2D eigenvalue weighted by Crippen LogP contribution is -2.29. The number of nitrogens with zero attached hydrogens (tertiary/aromatic N) is 1. The summed E-state index contributed by atoms with van der Waals surface area (Å²) in [6.07, 6.45) is 1.04. The van der Waals surface area contributed by atoms with E-state index in [1.807, 2.05) is 12.1 Å². The average molecular weight is 288 g/mol. The van der Waals surface area contributed by atoms with Crippen LogP contribution in [0.25, 0.3) is 0 Å². The fraction of sp³-hybridized carbons (Fsp3) is 0.267. The highest BCUT2D eigenvalue weighted by molar-refractivity contribution is 7.10. The number of hydrogen-bond acceptors (Lipinski definition) is 4. The van der Waals surface area contributed by atoms with Gasteiger partial charge in [0, 0.05) is 30.2 Å². The largest absolute Gasteiger partial charge is 0.478 e. The van der Waals surface area contributed by atoms with Gasteiger partial charge in [-0.2, -0.15) is 0 Å². The van der Waals surface area contributed by atoms with Crippen molar-refractivity contribution < 1.29 is 9.90 Å². The summed E-state index contributed by atoms with van der Waals surface area (Å²) < 4.78 is 0. The van der Waals surface area contributed by atoms with Gasteiger partial charge in [-0.1, -0.05) is 12.1 Å². The zero-order valence-corrected chi connectivity index (χ0v) is 11.8. The Morgan fingerprint density at radius 2 is 2.25 bits per heavy atom. The molecule has 3 rings (SSSR count). The quantitative estimate of drug-likeness (QED) is 0.852. The maximum Gasteiger partial charge on any atom is 0.338 e. The molecule has 2 aromatic rings. The normalized spacial score (nSPS) is 15.0. The van der Waals surface area contributed by atoms with Crippen molar-refractivity contribution >= 4 is 23.0 Å². The predicted octanol–water partition coefficient (Wildman–Crippen LogP) is 2.59. The van der Waals surface area contributed by atoms with Crippen molar-refractivity contribution in [2.75, 3.05) is 12.3 Å². The molecule has 0 amide bonds. The molecule has 0 radical (unpaired) electrons. The number of aromatic carboxylic acids is 1. The van der Waals surface area contributed by atoms with E-state index in [-0.39, 0.29) is 5.56 Å². The highest BCUT2D eigenvalue weighted by Crippen LogP contribution is 2.26. The van der Waals surface area contributed by atoms with Crippen molar-refractivity contribution in [3.63, 3.8) is 0 Å². The standard InChI is InChI=1S/C15H16N2O2S/c16-12-3-1-2-11(14(12)15(18)19)9-17-6-4-13-10(8-17)5-7-20-13/h1-3,5,7H,4,6,8-9,16H2,(H,18,19). The van der Waals surface area contributed by atoms with Crippen molar-refractivity contribution in [2.45, 2.75) is 19.5 Å². The molecule has 0 spiro atoms. The number of fused-ring (bicyclic) bond motifs is 1. The number of thiophene rings is 1. The number of hydrogen-bond donors (Lipinski definition) is 2. The van der Waals surface area contributed by atoms with Gasteiger partial charge in [0.1, 0.15) is 0 Å². The van der Waals surface area contributed by atoms with Crippen LogP contribution in [0.15, 0.2) is 29.6 Å². The van der Waals surface area contributed by atoms with Crippen LogP contribution >= 0.6 is 11.3 Å². The molecule has 2 heterocycles. The zero-order chi connectivity index (χ0) is 14.1. The Bertz CT molecular complexity index is 651. The van der Waals surface area contributed by atoms with Crippen LogP contribution in [0.5, 0.6) is 0 Å². The highest BCUT2D eigenvalue weighted by atomic mass is 32.1. The van der Waals surface area contributed by atoms with Crippen molar-refractivity contribution in [1.29, 1.82) is 0 Å². The second-order valence-corrected chi connectivity index (χ2v) is 6.02. The summed E-state index contributed by atoms with van der Waals surface area (Å²) in [5.74, 6) is -0.952. The topological polar surface area (TPSA) is 66.6 Å². The Labute approximate surface area is 121 Å². The summed E-state index contributed by atoms with van der Waals surface area (Å²) in [4.78, 5) is 15.1. The van der Waals surface area contributed by atoms with E-state index in [0.29, 0.717) is 12.2 Å². The molecule has 1 aromatic heterocycles. The Hall–Kier alpha value is -1.85. The smallest absolute Gasteiger partial charge is 0.338 e. The van der Waals surface area contributed by atoms with Crippen LogP contribution in [0.1, 0.15) is 26.4 Å². The second-order valence-electron chi connectivity index (χ2n) is 5.02. The fourth-order valence-corrected chi connectivity index (χ4v) is 3.59. The van der Waals surface area contributed by atoms with Gasteiger partial charge in [-0.25, -0.2) is 4.79 Å². The molecular formula is C15H16N2O2S. The van der Waals surface area contributed by atoms with E-state index in [9.17, 15) is 9.90 Å². The third kappa shape index (κ3) is 2.42. The molecule has 3 N–H and O–H groups in total. The van der Waals surface area contributed by atoms with Crippen LogP contribution in [-0.2, 0) is 19.5 Å². The summed E-state index contributed by atoms with van der Waals surface area (Å²) in [5, 5.41) is 11.4. The van der Waals surface area contributed by atoms with Gasteiger partial charge >= 0.3 is 5.97 Å². The average Bonchev–Trinajstić information content (AvgIpc) is 2.85. The lowest BCUT2D eigenvalue weighted by atomic mass is 10.0.